The van der Waals surface area contributed by atoms with Gasteiger partial charge < -0.3 is 14.9 Å². The second kappa shape index (κ2) is 6.84. The zero-order valence-corrected chi connectivity index (χ0v) is 12.8. The van der Waals surface area contributed by atoms with E-state index >= 15 is 0 Å². The Morgan fingerprint density at radius 3 is 2.17 bits per heavy atom. The molecule has 120 valence electrons. The smallest absolute Gasteiger partial charge is 0.138 e. The summed E-state index contributed by atoms with van der Waals surface area (Å²) in [6, 6.07) is 13.9. The standard InChI is InChI=1S/C19H20O4/c20-15-6-1-13(2-7-15)3-10-18-11-17(22)12-19(23-18)14-4-8-16(21)9-5-14/h1-2,4-9,18-21H,3,10-12H2/t18-,19-/m1/s1. The summed E-state index contributed by atoms with van der Waals surface area (Å²) in [7, 11) is 0. The van der Waals surface area contributed by atoms with Crippen LogP contribution in [0.15, 0.2) is 48.5 Å². The summed E-state index contributed by atoms with van der Waals surface area (Å²) in [6.07, 6.45) is 2.09. The lowest BCUT2D eigenvalue weighted by atomic mass is 9.94. The zero-order valence-electron chi connectivity index (χ0n) is 12.8. The molecule has 0 radical (unpaired) electrons. The van der Waals surface area contributed by atoms with Gasteiger partial charge in [0, 0.05) is 12.8 Å². The van der Waals surface area contributed by atoms with Gasteiger partial charge in [-0.15, -0.1) is 0 Å². The molecule has 2 atom stereocenters. The van der Waals surface area contributed by atoms with Crippen molar-refractivity contribution in [3.05, 3.63) is 59.7 Å². The number of aryl methyl sites for hydroxylation is 1. The van der Waals surface area contributed by atoms with Gasteiger partial charge in [-0.25, -0.2) is 0 Å². The van der Waals surface area contributed by atoms with Gasteiger partial charge in [0.05, 0.1) is 12.2 Å². The molecule has 0 spiro atoms. The maximum atomic E-state index is 12.0. The number of rotatable bonds is 4. The van der Waals surface area contributed by atoms with Crippen molar-refractivity contribution < 1.29 is 19.7 Å². The molecule has 23 heavy (non-hydrogen) atoms. The lowest BCUT2D eigenvalue weighted by molar-refractivity contribution is -0.136. The average Bonchev–Trinajstić information content (AvgIpc) is 2.54. The first-order valence-electron chi connectivity index (χ1n) is 7.84. The fraction of sp³-hybridized carbons (Fsp3) is 0.316. The van der Waals surface area contributed by atoms with Crippen molar-refractivity contribution in [2.75, 3.05) is 0 Å². The second-order valence-electron chi connectivity index (χ2n) is 5.99. The number of hydrogen-bond acceptors (Lipinski definition) is 4. The quantitative estimate of drug-likeness (QED) is 0.906. The molecular formula is C19H20O4. The Bertz CT molecular complexity index is 661. The Morgan fingerprint density at radius 2 is 1.52 bits per heavy atom. The molecule has 1 aliphatic heterocycles. The predicted molar refractivity (Wildman–Crippen MR) is 86.4 cm³/mol. The molecule has 1 heterocycles. The summed E-state index contributed by atoms with van der Waals surface area (Å²) in [5.74, 6) is 0.676. The number of ether oxygens (including phenoxy) is 1. The number of benzene rings is 2. The number of carbonyl (C=O) groups is 1. The predicted octanol–water partition coefficient (Wildman–Crippen LogP) is 3.52. The van der Waals surface area contributed by atoms with E-state index in [1.54, 1.807) is 36.4 Å². The first kappa shape index (κ1) is 15.6. The minimum atomic E-state index is -0.235. The number of ketones is 1. The van der Waals surface area contributed by atoms with Crippen LogP contribution in [0.4, 0.5) is 0 Å². The number of phenolic OH excluding ortho intramolecular Hbond substituents is 2. The minimum Gasteiger partial charge on any atom is -0.508 e. The van der Waals surface area contributed by atoms with Crippen molar-refractivity contribution in [2.45, 2.75) is 37.9 Å². The highest BCUT2D eigenvalue weighted by Crippen LogP contribution is 2.32. The Labute approximate surface area is 135 Å². The molecule has 0 saturated carbocycles. The number of phenols is 2. The van der Waals surface area contributed by atoms with Crippen molar-refractivity contribution in [1.82, 2.24) is 0 Å². The highest BCUT2D eigenvalue weighted by Gasteiger charge is 2.28. The van der Waals surface area contributed by atoms with E-state index in [9.17, 15) is 15.0 Å². The Morgan fingerprint density at radius 1 is 0.913 bits per heavy atom. The number of carbonyl (C=O) groups excluding carboxylic acids is 1. The minimum absolute atomic E-state index is 0.0937. The lowest BCUT2D eigenvalue weighted by Gasteiger charge is -2.29. The van der Waals surface area contributed by atoms with Crippen LogP contribution in [0.3, 0.4) is 0 Å². The Kier molecular flexibility index (Phi) is 4.63. The molecule has 4 nitrogen and oxygen atoms in total. The topological polar surface area (TPSA) is 66.8 Å². The van der Waals surface area contributed by atoms with Crippen LogP contribution in [-0.2, 0) is 16.0 Å². The summed E-state index contributed by atoms with van der Waals surface area (Å²) >= 11 is 0. The van der Waals surface area contributed by atoms with Crippen LogP contribution >= 0.6 is 0 Å². The fourth-order valence-electron chi connectivity index (χ4n) is 2.92. The largest absolute Gasteiger partial charge is 0.508 e. The van der Waals surface area contributed by atoms with Gasteiger partial charge in [-0.05, 0) is 48.2 Å². The molecule has 2 N–H and O–H groups in total. The molecule has 1 saturated heterocycles. The molecular weight excluding hydrogens is 292 g/mol. The maximum Gasteiger partial charge on any atom is 0.138 e. The SMILES string of the molecule is O=C1C[C@@H](CCc2ccc(O)cc2)O[C@@H](c2ccc(O)cc2)C1. The fourth-order valence-corrected chi connectivity index (χ4v) is 2.92. The summed E-state index contributed by atoms with van der Waals surface area (Å²) in [5.41, 5.74) is 2.04. The van der Waals surface area contributed by atoms with E-state index in [4.69, 9.17) is 4.74 Å². The number of hydrogen-bond donors (Lipinski definition) is 2. The highest BCUT2D eigenvalue weighted by molar-refractivity contribution is 5.80. The molecule has 0 aromatic heterocycles. The van der Waals surface area contributed by atoms with E-state index in [2.05, 4.69) is 0 Å². The summed E-state index contributed by atoms with van der Waals surface area (Å²) in [5, 5.41) is 18.7. The molecule has 0 bridgehead atoms. The van der Waals surface area contributed by atoms with Gasteiger partial charge in [-0.1, -0.05) is 24.3 Å². The van der Waals surface area contributed by atoms with Crippen LogP contribution in [0.5, 0.6) is 11.5 Å². The third-order valence-electron chi connectivity index (χ3n) is 4.18. The van der Waals surface area contributed by atoms with E-state index < -0.39 is 0 Å². The average molecular weight is 312 g/mol. The van der Waals surface area contributed by atoms with Gasteiger partial charge in [0.1, 0.15) is 17.3 Å². The maximum absolute atomic E-state index is 12.0. The van der Waals surface area contributed by atoms with E-state index in [0.29, 0.717) is 12.8 Å². The van der Waals surface area contributed by atoms with Crippen LogP contribution in [0.25, 0.3) is 0 Å². The molecule has 1 aliphatic rings. The van der Waals surface area contributed by atoms with Gasteiger partial charge in [-0.2, -0.15) is 0 Å². The normalized spacial score (nSPS) is 21.3. The Balaban J connectivity index is 1.62. The molecule has 2 aromatic rings. The van der Waals surface area contributed by atoms with E-state index in [0.717, 1.165) is 24.0 Å². The third-order valence-corrected chi connectivity index (χ3v) is 4.18. The van der Waals surface area contributed by atoms with E-state index in [1.807, 2.05) is 12.1 Å². The Hall–Kier alpha value is -2.33. The molecule has 2 aromatic carbocycles. The van der Waals surface area contributed by atoms with E-state index in [1.165, 1.54) is 0 Å². The molecule has 3 rings (SSSR count). The highest BCUT2D eigenvalue weighted by atomic mass is 16.5. The van der Waals surface area contributed by atoms with E-state index in [-0.39, 0.29) is 29.5 Å². The third kappa shape index (κ3) is 4.11. The van der Waals surface area contributed by atoms with Gasteiger partial charge in [0.15, 0.2) is 0 Å². The van der Waals surface area contributed by atoms with Crippen LogP contribution < -0.4 is 0 Å². The molecule has 1 fully saturated rings. The summed E-state index contributed by atoms with van der Waals surface area (Å²) in [4.78, 5) is 12.0. The van der Waals surface area contributed by atoms with Crippen molar-refractivity contribution in [3.63, 3.8) is 0 Å². The molecule has 4 heteroatoms. The van der Waals surface area contributed by atoms with Crippen LogP contribution in [0.2, 0.25) is 0 Å². The summed E-state index contributed by atoms with van der Waals surface area (Å²) < 4.78 is 6.08. The molecule has 0 unspecified atom stereocenters. The summed E-state index contributed by atoms with van der Waals surface area (Å²) in [6.45, 7) is 0. The van der Waals surface area contributed by atoms with Gasteiger partial charge in [-0.3, -0.25) is 4.79 Å². The van der Waals surface area contributed by atoms with Crippen molar-refractivity contribution in [2.24, 2.45) is 0 Å². The lowest BCUT2D eigenvalue weighted by Crippen LogP contribution is -2.28. The van der Waals surface area contributed by atoms with Crippen LogP contribution in [0.1, 0.15) is 36.5 Å². The second-order valence-corrected chi connectivity index (χ2v) is 5.99. The number of Topliss-reactive ketones (excluding diaryl/α,β-unsaturated/α-hetero) is 1. The number of aromatic hydroxyl groups is 2. The van der Waals surface area contributed by atoms with Crippen LogP contribution in [-0.4, -0.2) is 22.1 Å². The van der Waals surface area contributed by atoms with Gasteiger partial charge in [0.25, 0.3) is 0 Å². The van der Waals surface area contributed by atoms with Crippen molar-refractivity contribution in [1.29, 1.82) is 0 Å². The monoisotopic (exact) mass is 312 g/mol. The van der Waals surface area contributed by atoms with Crippen LogP contribution in [0, 0.1) is 0 Å². The molecule has 0 amide bonds. The van der Waals surface area contributed by atoms with Crippen molar-refractivity contribution >= 4 is 5.78 Å². The zero-order chi connectivity index (χ0) is 16.2. The first-order valence-corrected chi connectivity index (χ1v) is 7.84. The van der Waals surface area contributed by atoms with Gasteiger partial charge in [0.2, 0.25) is 0 Å². The van der Waals surface area contributed by atoms with Gasteiger partial charge >= 0.3 is 0 Å². The molecule has 0 aliphatic carbocycles. The first-order chi connectivity index (χ1) is 11.1. The van der Waals surface area contributed by atoms with Crippen molar-refractivity contribution in [3.8, 4) is 11.5 Å².